The van der Waals surface area contributed by atoms with Crippen LogP contribution in [0.2, 0.25) is 0 Å². The topological polar surface area (TPSA) is 38.3 Å². The van der Waals surface area contributed by atoms with E-state index in [2.05, 4.69) is 18.3 Å². The highest BCUT2D eigenvalue weighted by molar-refractivity contribution is 7.84. The molecule has 0 aliphatic carbocycles. The minimum atomic E-state index is -0.752. The van der Waals surface area contributed by atoms with Gasteiger partial charge in [-0.1, -0.05) is 18.2 Å². The van der Waals surface area contributed by atoms with Gasteiger partial charge in [0, 0.05) is 46.9 Å². The van der Waals surface area contributed by atoms with Gasteiger partial charge in [-0.3, -0.25) is 4.21 Å². The van der Waals surface area contributed by atoms with Crippen LogP contribution in [0.3, 0.4) is 0 Å². The van der Waals surface area contributed by atoms with Crippen LogP contribution in [0.4, 0.5) is 0 Å². The summed E-state index contributed by atoms with van der Waals surface area (Å²) in [5.41, 5.74) is 1.22. The molecule has 0 amide bonds. The number of nitrogens with one attached hydrogen (secondary N) is 1. The normalized spacial score (nSPS) is 22.4. The fourth-order valence-electron chi connectivity index (χ4n) is 2.26. The Kier molecular flexibility index (Phi) is 4.18. The van der Waals surface area contributed by atoms with E-state index in [0.717, 1.165) is 18.8 Å². The zero-order chi connectivity index (χ0) is 12.3. The molecule has 4 heteroatoms. The van der Waals surface area contributed by atoms with E-state index in [-0.39, 0.29) is 6.04 Å². The Morgan fingerprint density at radius 2 is 2.29 bits per heavy atom. The molecule has 0 saturated heterocycles. The number of fused-ring (bicyclic) bond motifs is 1. The molecule has 17 heavy (non-hydrogen) atoms. The lowest BCUT2D eigenvalue weighted by atomic mass is 10.00. The van der Waals surface area contributed by atoms with Crippen molar-refractivity contribution in [3.63, 3.8) is 0 Å². The Hall–Kier alpha value is -0.870. The lowest BCUT2D eigenvalue weighted by Gasteiger charge is -2.29. The van der Waals surface area contributed by atoms with Crippen LogP contribution in [0, 0.1) is 0 Å². The summed E-state index contributed by atoms with van der Waals surface area (Å²) in [5, 5.41) is 3.53. The molecule has 3 unspecified atom stereocenters. The molecule has 1 aliphatic heterocycles. The molecule has 0 spiro atoms. The molecule has 0 fully saturated rings. The standard InChI is InChI=1S/C13H19NO2S/c1-10(9-17(2)15)14-12-7-8-16-13-6-4-3-5-11(12)13/h3-6,10,12,14H,7-9H2,1-2H3. The van der Waals surface area contributed by atoms with Crippen molar-refractivity contribution in [2.75, 3.05) is 18.6 Å². The number of rotatable bonds is 4. The summed E-state index contributed by atoms with van der Waals surface area (Å²) in [6.07, 6.45) is 2.72. The maximum Gasteiger partial charge on any atom is 0.124 e. The van der Waals surface area contributed by atoms with Gasteiger partial charge in [-0.15, -0.1) is 0 Å². The SMILES string of the molecule is CC(CS(C)=O)NC1CCOc2ccccc21. The van der Waals surface area contributed by atoms with Gasteiger partial charge in [0.15, 0.2) is 0 Å². The minimum absolute atomic E-state index is 0.261. The second-order valence-corrected chi connectivity index (χ2v) is 6.01. The van der Waals surface area contributed by atoms with E-state index < -0.39 is 10.8 Å². The van der Waals surface area contributed by atoms with Crippen molar-refractivity contribution in [3.05, 3.63) is 29.8 Å². The van der Waals surface area contributed by atoms with Crippen molar-refractivity contribution in [2.24, 2.45) is 0 Å². The molecular weight excluding hydrogens is 234 g/mol. The third-order valence-electron chi connectivity index (χ3n) is 2.93. The van der Waals surface area contributed by atoms with E-state index in [1.165, 1.54) is 5.56 Å². The molecule has 0 bridgehead atoms. The van der Waals surface area contributed by atoms with Gasteiger partial charge < -0.3 is 10.1 Å². The van der Waals surface area contributed by atoms with E-state index in [4.69, 9.17) is 4.74 Å². The average molecular weight is 253 g/mol. The Labute approximate surface area is 105 Å². The van der Waals surface area contributed by atoms with Gasteiger partial charge in [0.05, 0.1) is 6.61 Å². The molecular formula is C13H19NO2S. The molecule has 3 atom stereocenters. The monoisotopic (exact) mass is 253 g/mol. The Morgan fingerprint density at radius 1 is 1.53 bits per heavy atom. The highest BCUT2D eigenvalue weighted by atomic mass is 32.2. The largest absolute Gasteiger partial charge is 0.493 e. The smallest absolute Gasteiger partial charge is 0.124 e. The zero-order valence-electron chi connectivity index (χ0n) is 10.3. The first-order valence-electron chi connectivity index (χ1n) is 5.94. The van der Waals surface area contributed by atoms with Crippen LogP contribution in [-0.2, 0) is 10.8 Å². The van der Waals surface area contributed by atoms with Crippen molar-refractivity contribution in [1.82, 2.24) is 5.32 Å². The lowest BCUT2D eigenvalue weighted by molar-refractivity contribution is 0.248. The van der Waals surface area contributed by atoms with Crippen molar-refractivity contribution in [2.45, 2.75) is 25.4 Å². The summed E-state index contributed by atoms with van der Waals surface area (Å²) in [6.45, 7) is 2.83. The van der Waals surface area contributed by atoms with Gasteiger partial charge in [-0.25, -0.2) is 0 Å². The molecule has 1 aromatic rings. The Bertz CT molecular complexity index is 408. The molecule has 2 rings (SSSR count). The molecule has 1 aliphatic rings. The Balaban J connectivity index is 2.05. The van der Waals surface area contributed by atoms with Crippen LogP contribution >= 0.6 is 0 Å². The van der Waals surface area contributed by atoms with E-state index >= 15 is 0 Å². The van der Waals surface area contributed by atoms with Crippen LogP contribution in [0.15, 0.2) is 24.3 Å². The Morgan fingerprint density at radius 3 is 3.06 bits per heavy atom. The fourth-order valence-corrected chi connectivity index (χ4v) is 3.06. The van der Waals surface area contributed by atoms with Crippen molar-refractivity contribution in [1.29, 1.82) is 0 Å². The van der Waals surface area contributed by atoms with Crippen molar-refractivity contribution in [3.8, 4) is 5.75 Å². The first kappa shape index (κ1) is 12.6. The van der Waals surface area contributed by atoms with Crippen LogP contribution < -0.4 is 10.1 Å². The van der Waals surface area contributed by atoms with Gasteiger partial charge in [-0.05, 0) is 13.0 Å². The minimum Gasteiger partial charge on any atom is -0.493 e. The molecule has 3 nitrogen and oxygen atoms in total. The third kappa shape index (κ3) is 3.30. The van der Waals surface area contributed by atoms with Gasteiger partial charge >= 0.3 is 0 Å². The van der Waals surface area contributed by atoms with Gasteiger partial charge in [0.25, 0.3) is 0 Å². The second-order valence-electron chi connectivity index (χ2n) is 4.54. The summed E-state index contributed by atoms with van der Waals surface area (Å²) in [7, 11) is -0.752. The molecule has 94 valence electrons. The van der Waals surface area contributed by atoms with Crippen LogP contribution in [0.5, 0.6) is 5.75 Å². The zero-order valence-corrected chi connectivity index (χ0v) is 11.1. The predicted octanol–water partition coefficient (Wildman–Crippen LogP) is 1.87. The summed E-state index contributed by atoms with van der Waals surface area (Å²) in [5.74, 6) is 1.67. The molecule has 1 aromatic carbocycles. The fraction of sp³-hybridized carbons (Fsp3) is 0.538. The molecule has 1 heterocycles. The highest BCUT2D eigenvalue weighted by Crippen LogP contribution is 2.31. The van der Waals surface area contributed by atoms with E-state index in [0.29, 0.717) is 11.8 Å². The quantitative estimate of drug-likeness (QED) is 0.890. The van der Waals surface area contributed by atoms with E-state index in [9.17, 15) is 4.21 Å². The van der Waals surface area contributed by atoms with Crippen molar-refractivity contribution < 1.29 is 8.95 Å². The summed E-state index contributed by atoms with van der Waals surface area (Å²) < 4.78 is 16.8. The van der Waals surface area contributed by atoms with Gasteiger partial charge in [-0.2, -0.15) is 0 Å². The average Bonchev–Trinajstić information content (AvgIpc) is 2.28. The van der Waals surface area contributed by atoms with Gasteiger partial charge in [0.2, 0.25) is 0 Å². The first-order valence-corrected chi connectivity index (χ1v) is 7.67. The molecule has 0 saturated carbocycles. The van der Waals surface area contributed by atoms with Gasteiger partial charge in [0.1, 0.15) is 5.75 Å². The van der Waals surface area contributed by atoms with Crippen molar-refractivity contribution >= 4 is 10.8 Å². The first-order chi connectivity index (χ1) is 8.16. The molecule has 1 N–H and O–H groups in total. The number of benzene rings is 1. The third-order valence-corrected chi connectivity index (χ3v) is 3.90. The van der Waals surface area contributed by atoms with E-state index in [1.807, 2.05) is 18.2 Å². The summed E-state index contributed by atoms with van der Waals surface area (Å²) >= 11 is 0. The maximum absolute atomic E-state index is 11.2. The van der Waals surface area contributed by atoms with E-state index in [1.54, 1.807) is 6.26 Å². The number of ether oxygens (including phenoxy) is 1. The summed E-state index contributed by atoms with van der Waals surface area (Å²) in [4.78, 5) is 0. The number of hydrogen-bond acceptors (Lipinski definition) is 3. The predicted molar refractivity (Wildman–Crippen MR) is 70.8 cm³/mol. The number of para-hydroxylation sites is 1. The maximum atomic E-state index is 11.2. The molecule has 0 radical (unpaired) electrons. The van der Waals surface area contributed by atoms with Crippen LogP contribution in [-0.4, -0.2) is 28.9 Å². The molecule has 0 aromatic heterocycles. The highest BCUT2D eigenvalue weighted by Gasteiger charge is 2.22. The van der Waals surface area contributed by atoms with Crippen LogP contribution in [0.1, 0.15) is 24.9 Å². The lowest BCUT2D eigenvalue weighted by Crippen LogP contribution is -2.36. The second kappa shape index (κ2) is 5.65. The summed E-state index contributed by atoms with van der Waals surface area (Å²) in [6, 6.07) is 8.71. The van der Waals surface area contributed by atoms with Crippen LogP contribution in [0.25, 0.3) is 0 Å². The number of hydrogen-bond donors (Lipinski definition) is 1.